The highest BCUT2D eigenvalue weighted by atomic mass is 35.5. The molecule has 1 heterocycles. The Bertz CT molecular complexity index is 1220. The SMILES string of the molecule is COC(=O)C(Cc1ccc(NC(=O)c2c(Cl)cccc2Cl)cc1)NC(=O)C1CCCCN1C(=O)CCC(=O)O. The molecule has 12 heteroatoms. The number of ether oxygens (including phenoxy) is 1. The molecule has 2 atom stereocenters. The molecule has 2 unspecified atom stereocenters. The Balaban J connectivity index is 1.67. The minimum absolute atomic E-state index is 0.0999. The van der Waals surface area contributed by atoms with Gasteiger partial charge >= 0.3 is 11.9 Å². The van der Waals surface area contributed by atoms with Crippen molar-refractivity contribution in [1.29, 1.82) is 0 Å². The molecule has 2 aromatic carbocycles. The third-order valence-electron chi connectivity index (χ3n) is 6.32. The number of nitrogens with zero attached hydrogens (tertiary/aromatic N) is 1. The summed E-state index contributed by atoms with van der Waals surface area (Å²) in [5.41, 5.74) is 1.30. The Kier molecular flexibility index (Phi) is 10.7. The molecule has 0 spiro atoms. The molecule has 0 aliphatic carbocycles. The molecular formula is C27H29Cl2N3O7. The second-order valence-electron chi connectivity index (χ2n) is 9.03. The second kappa shape index (κ2) is 14.0. The number of hydrogen-bond acceptors (Lipinski definition) is 6. The molecule has 1 aliphatic heterocycles. The molecule has 3 amide bonds. The number of methoxy groups -OCH3 is 1. The fraction of sp³-hybridized carbons (Fsp3) is 0.370. The van der Waals surface area contributed by atoms with Crippen molar-refractivity contribution in [3.05, 3.63) is 63.6 Å². The number of rotatable bonds is 10. The number of halogens is 2. The van der Waals surface area contributed by atoms with Crippen LogP contribution < -0.4 is 10.6 Å². The van der Waals surface area contributed by atoms with Crippen molar-refractivity contribution in [3.63, 3.8) is 0 Å². The van der Waals surface area contributed by atoms with Crippen molar-refractivity contribution < 1.29 is 33.8 Å². The lowest BCUT2D eigenvalue weighted by Crippen LogP contribution is -2.55. The summed E-state index contributed by atoms with van der Waals surface area (Å²) in [7, 11) is 1.21. The van der Waals surface area contributed by atoms with E-state index in [4.69, 9.17) is 33.0 Å². The summed E-state index contributed by atoms with van der Waals surface area (Å²) in [6.07, 6.45) is 1.40. The molecular weight excluding hydrogens is 549 g/mol. The van der Waals surface area contributed by atoms with Gasteiger partial charge in [0.05, 0.1) is 29.1 Å². The van der Waals surface area contributed by atoms with E-state index in [2.05, 4.69) is 10.6 Å². The Morgan fingerprint density at radius 2 is 1.69 bits per heavy atom. The van der Waals surface area contributed by atoms with E-state index in [1.54, 1.807) is 42.5 Å². The van der Waals surface area contributed by atoms with E-state index in [9.17, 15) is 24.0 Å². The van der Waals surface area contributed by atoms with E-state index in [1.165, 1.54) is 12.0 Å². The molecule has 1 saturated heterocycles. The molecule has 10 nitrogen and oxygen atoms in total. The Hall–Kier alpha value is -3.63. The van der Waals surface area contributed by atoms with Gasteiger partial charge in [-0.1, -0.05) is 41.4 Å². The van der Waals surface area contributed by atoms with Crippen LogP contribution in [0.2, 0.25) is 10.0 Å². The molecule has 0 saturated carbocycles. The summed E-state index contributed by atoms with van der Waals surface area (Å²) in [6.45, 7) is 0.339. The van der Waals surface area contributed by atoms with Crippen LogP contribution in [0, 0.1) is 0 Å². The van der Waals surface area contributed by atoms with Crippen molar-refractivity contribution in [2.24, 2.45) is 0 Å². The highest BCUT2D eigenvalue weighted by Gasteiger charge is 2.34. The average molecular weight is 578 g/mol. The lowest BCUT2D eigenvalue weighted by molar-refractivity contribution is -0.148. The lowest BCUT2D eigenvalue weighted by Gasteiger charge is -2.35. The van der Waals surface area contributed by atoms with E-state index < -0.39 is 41.7 Å². The number of carbonyl (C=O) groups excluding carboxylic acids is 4. The number of likely N-dealkylation sites (tertiary alicyclic amines) is 1. The van der Waals surface area contributed by atoms with Crippen LogP contribution in [-0.4, -0.2) is 65.4 Å². The first-order valence-electron chi connectivity index (χ1n) is 12.3. The fourth-order valence-corrected chi connectivity index (χ4v) is 4.90. The molecule has 2 aromatic rings. The van der Waals surface area contributed by atoms with Gasteiger partial charge in [-0.05, 0) is 49.1 Å². The number of aliphatic carboxylic acids is 1. The first kappa shape index (κ1) is 29.9. The molecule has 3 N–H and O–H groups in total. The number of amides is 3. The van der Waals surface area contributed by atoms with Gasteiger partial charge in [0.15, 0.2) is 0 Å². The van der Waals surface area contributed by atoms with E-state index in [0.717, 1.165) is 6.42 Å². The standard InChI is InChI=1S/C27H29Cl2N3O7/c1-39-27(38)20(31-25(36)21-7-2-3-14-32(21)22(33)12-13-23(34)35)15-16-8-10-17(11-9-16)30-26(37)24-18(28)5-4-6-19(24)29/h4-6,8-11,20-21H,2-3,7,12-15H2,1H3,(H,30,37)(H,31,36)(H,34,35). The van der Waals surface area contributed by atoms with Crippen molar-refractivity contribution >= 4 is 58.5 Å². The molecule has 39 heavy (non-hydrogen) atoms. The van der Waals surface area contributed by atoms with Gasteiger partial charge in [0.2, 0.25) is 11.8 Å². The van der Waals surface area contributed by atoms with Crippen LogP contribution in [0.5, 0.6) is 0 Å². The number of hydrogen-bond donors (Lipinski definition) is 3. The van der Waals surface area contributed by atoms with Gasteiger partial charge < -0.3 is 25.4 Å². The van der Waals surface area contributed by atoms with Crippen LogP contribution >= 0.6 is 23.2 Å². The highest BCUT2D eigenvalue weighted by Crippen LogP contribution is 2.25. The predicted octanol–water partition coefficient (Wildman–Crippen LogP) is 3.69. The van der Waals surface area contributed by atoms with Crippen LogP contribution in [0.1, 0.15) is 48.0 Å². The maximum atomic E-state index is 13.1. The van der Waals surface area contributed by atoms with Crippen LogP contribution in [-0.2, 0) is 30.3 Å². The highest BCUT2D eigenvalue weighted by molar-refractivity contribution is 6.40. The van der Waals surface area contributed by atoms with Crippen molar-refractivity contribution in [2.45, 2.75) is 50.6 Å². The summed E-state index contributed by atoms with van der Waals surface area (Å²) in [4.78, 5) is 63.1. The Morgan fingerprint density at radius 1 is 1.03 bits per heavy atom. The van der Waals surface area contributed by atoms with Gasteiger partial charge in [0.25, 0.3) is 5.91 Å². The first-order chi connectivity index (χ1) is 18.6. The maximum absolute atomic E-state index is 13.1. The minimum Gasteiger partial charge on any atom is -0.481 e. The summed E-state index contributed by atoms with van der Waals surface area (Å²) >= 11 is 12.2. The summed E-state index contributed by atoms with van der Waals surface area (Å²) in [5.74, 6) is -3.15. The first-order valence-corrected chi connectivity index (χ1v) is 13.1. The smallest absolute Gasteiger partial charge is 0.328 e. The molecule has 3 rings (SSSR count). The van der Waals surface area contributed by atoms with Crippen molar-refractivity contribution in [1.82, 2.24) is 10.2 Å². The number of nitrogens with one attached hydrogen (secondary N) is 2. The van der Waals surface area contributed by atoms with E-state index in [1.807, 2.05) is 0 Å². The fourth-order valence-electron chi connectivity index (χ4n) is 4.33. The van der Waals surface area contributed by atoms with Crippen LogP contribution in [0.15, 0.2) is 42.5 Å². The predicted molar refractivity (Wildman–Crippen MR) is 145 cm³/mol. The number of carbonyl (C=O) groups is 5. The zero-order chi connectivity index (χ0) is 28.5. The van der Waals surface area contributed by atoms with Gasteiger partial charge in [-0.3, -0.25) is 19.2 Å². The van der Waals surface area contributed by atoms with Gasteiger partial charge in [0.1, 0.15) is 12.1 Å². The van der Waals surface area contributed by atoms with E-state index >= 15 is 0 Å². The number of benzene rings is 2. The molecule has 0 bridgehead atoms. The summed E-state index contributed by atoms with van der Waals surface area (Å²) in [6, 6.07) is 9.58. The van der Waals surface area contributed by atoms with Crippen LogP contribution in [0.4, 0.5) is 5.69 Å². The van der Waals surface area contributed by atoms with E-state index in [-0.39, 0.29) is 34.9 Å². The zero-order valence-corrected chi connectivity index (χ0v) is 22.8. The molecule has 0 radical (unpaired) electrons. The number of carboxylic acids is 1. The van der Waals surface area contributed by atoms with Gasteiger partial charge in [-0.2, -0.15) is 0 Å². The number of piperidine rings is 1. The zero-order valence-electron chi connectivity index (χ0n) is 21.2. The van der Waals surface area contributed by atoms with Gasteiger partial charge in [0, 0.05) is 25.1 Å². The minimum atomic E-state index is -1.09. The largest absolute Gasteiger partial charge is 0.481 e. The summed E-state index contributed by atoms with van der Waals surface area (Å²) in [5, 5.41) is 14.7. The molecule has 208 valence electrons. The quantitative estimate of drug-likeness (QED) is 0.365. The third-order valence-corrected chi connectivity index (χ3v) is 6.95. The monoisotopic (exact) mass is 577 g/mol. The van der Waals surface area contributed by atoms with Gasteiger partial charge in [-0.15, -0.1) is 0 Å². The second-order valence-corrected chi connectivity index (χ2v) is 9.84. The maximum Gasteiger partial charge on any atom is 0.328 e. The normalized spacial score (nSPS) is 15.7. The van der Waals surface area contributed by atoms with Gasteiger partial charge in [-0.25, -0.2) is 4.79 Å². The number of esters is 1. The Labute approximate surface area is 235 Å². The molecule has 1 aliphatic rings. The number of anilines is 1. The third kappa shape index (κ3) is 8.18. The average Bonchev–Trinajstić information content (AvgIpc) is 2.91. The van der Waals surface area contributed by atoms with Crippen molar-refractivity contribution in [3.8, 4) is 0 Å². The molecule has 0 aromatic heterocycles. The van der Waals surface area contributed by atoms with Crippen LogP contribution in [0.25, 0.3) is 0 Å². The Morgan fingerprint density at radius 3 is 2.31 bits per heavy atom. The topological polar surface area (TPSA) is 142 Å². The van der Waals surface area contributed by atoms with Crippen LogP contribution in [0.3, 0.4) is 0 Å². The summed E-state index contributed by atoms with van der Waals surface area (Å²) < 4.78 is 4.88. The van der Waals surface area contributed by atoms with E-state index in [0.29, 0.717) is 30.6 Å². The van der Waals surface area contributed by atoms with Crippen molar-refractivity contribution in [2.75, 3.05) is 19.0 Å². The lowest BCUT2D eigenvalue weighted by atomic mass is 9.99. The molecule has 1 fully saturated rings. The number of carboxylic acid groups (broad SMARTS) is 1.